The van der Waals surface area contributed by atoms with Crippen molar-refractivity contribution in [2.45, 2.75) is 16.7 Å². The number of carboxylic acid groups (broad SMARTS) is 1. The Morgan fingerprint density at radius 2 is 1.59 bits per heavy atom. The van der Waals surface area contributed by atoms with Crippen LogP contribution in [0.3, 0.4) is 0 Å². The first kappa shape index (κ1) is 28.4. The van der Waals surface area contributed by atoms with Crippen molar-refractivity contribution in [2.75, 3.05) is 0 Å². The van der Waals surface area contributed by atoms with E-state index in [0.717, 1.165) is 36.4 Å². The Morgan fingerprint density at radius 1 is 0.976 bits per heavy atom. The zero-order chi connectivity index (χ0) is 30.3. The van der Waals surface area contributed by atoms with Crippen molar-refractivity contribution in [1.82, 2.24) is 0 Å². The first-order chi connectivity index (χ1) is 19.3. The number of Topliss-reactive ketones (excluding diaryl/α,β-unsaturated/α-hetero) is 1. The molecular weight excluding hydrogens is 568 g/mol. The number of carbonyl (C=O) groups excluding carboxylic acids is 1. The number of hydrogen-bond donors (Lipinski definition) is 2. The molecule has 0 aliphatic carbocycles. The van der Waals surface area contributed by atoms with E-state index in [2.05, 4.69) is 9.69 Å². The summed E-state index contributed by atoms with van der Waals surface area (Å²) in [7, 11) is -8.67. The van der Waals surface area contributed by atoms with E-state index in [0.29, 0.717) is 0 Å². The number of benzene rings is 2. The van der Waals surface area contributed by atoms with Gasteiger partial charge in [0, 0.05) is 16.7 Å². The van der Waals surface area contributed by atoms with Gasteiger partial charge in [0.15, 0.2) is 5.78 Å². The predicted molar refractivity (Wildman–Crippen MR) is 145 cm³/mol. The second-order valence-electron chi connectivity index (χ2n) is 8.45. The summed E-state index contributed by atoms with van der Waals surface area (Å²) < 4.78 is 53.6. The van der Waals surface area contributed by atoms with E-state index < -0.39 is 46.8 Å². The number of allylic oxidation sites excluding steroid dienone is 6. The Balaban J connectivity index is 2.00. The molecule has 2 N–H and O–H groups in total. The Kier molecular flexibility index (Phi) is 7.03. The molecule has 0 amide bonds. The van der Waals surface area contributed by atoms with Crippen molar-refractivity contribution in [3.63, 3.8) is 0 Å². The molecule has 0 atom stereocenters. The highest BCUT2D eigenvalue weighted by molar-refractivity contribution is 7.96. The molecule has 2 heterocycles. The van der Waals surface area contributed by atoms with E-state index in [1.807, 2.05) is 5.87 Å². The van der Waals surface area contributed by atoms with Crippen LogP contribution >= 0.6 is 0 Å². The molecule has 0 bridgehead atoms. The van der Waals surface area contributed by atoms with E-state index in [1.165, 1.54) is 25.1 Å². The molecule has 0 fully saturated rings. The molecule has 11 nitrogen and oxygen atoms in total. The number of carboxylic acids is 1. The van der Waals surface area contributed by atoms with Crippen LogP contribution in [-0.4, -0.2) is 39.6 Å². The molecular formula is C28H14N4O7S2. The summed E-state index contributed by atoms with van der Waals surface area (Å²) >= 11 is 0. The maximum absolute atomic E-state index is 13.4. The predicted octanol–water partition coefficient (Wildman–Crippen LogP) is 4.22. The van der Waals surface area contributed by atoms with Gasteiger partial charge < -0.3 is 5.11 Å². The Labute approximate surface area is 234 Å². The quantitative estimate of drug-likeness (QED) is 0.228. The standard InChI is InChI=1S/C28H14N4O7S2/c1-15(33)16-7-9-22-18(11-16)26(20(13-29)31-2)24(40(22,36)37)5-4-6-25-27(21(14-30)32-3)19-12-17(28(34)35)8-10-23(19)41(25,38)39/h4-12,29H,1H3,(H,34,35)/b5-4+,25-6-,27-21+. The fourth-order valence-corrected chi connectivity index (χ4v) is 7.72. The lowest BCUT2D eigenvalue weighted by Crippen LogP contribution is -2.00. The second kappa shape index (κ2) is 10.2. The van der Waals surface area contributed by atoms with Crippen LogP contribution in [0.2, 0.25) is 0 Å². The van der Waals surface area contributed by atoms with Crippen LogP contribution in [0.25, 0.3) is 20.8 Å². The lowest BCUT2D eigenvalue weighted by molar-refractivity contribution is 0.0696. The minimum atomic E-state index is -4.37. The highest BCUT2D eigenvalue weighted by atomic mass is 32.2. The van der Waals surface area contributed by atoms with Gasteiger partial charge in [0.2, 0.25) is 19.7 Å². The number of fused-ring (bicyclic) bond motifs is 2. The molecule has 2 aromatic rings. The van der Waals surface area contributed by atoms with Gasteiger partial charge in [-0.15, -0.1) is 0 Å². The molecule has 0 saturated heterocycles. The number of rotatable bonds is 5. The average Bonchev–Trinajstić information content (AvgIpc) is 3.29. The van der Waals surface area contributed by atoms with Gasteiger partial charge in [-0.05, 0) is 66.4 Å². The van der Waals surface area contributed by atoms with E-state index in [-0.39, 0.29) is 49.0 Å². The minimum Gasteiger partial charge on any atom is -0.478 e. The van der Waals surface area contributed by atoms with Crippen LogP contribution in [0.5, 0.6) is 0 Å². The number of hydrogen-bond acceptors (Lipinski definition) is 8. The molecule has 200 valence electrons. The molecule has 2 aliphatic heterocycles. The van der Waals surface area contributed by atoms with E-state index >= 15 is 0 Å². The Bertz CT molecular complexity index is 2140. The number of ketones is 1. The van der Waals surface area contributed by atoms with E-state index in [4.69, 9.17) is 18.6 Å². The zero-order valence-electron chi connectivity index (χ0n) is 20.8. The maximum atomic E-state index is 13.4. The van der Waals surface area contributed by atoms with Gasteiger partial charge in [-0.25, -0.2) is 36.6 Å². The van der Waals surface area contributed by atoms with Gasteiger partial charge >= 0.3 is 5.97 Å². The molecule has 2 aromatic carbocycles. The molecule has 2 aliphatic rings. The van der Waals surface area contributed by atoms with Crippen molar-refractivity contribution < 1.29 is 31.5 Å². The normalized spacial score (nSPS) is 18.0. The van der Waals surface area contributed by atoms with E-state index in [9.17, 15) is 36.8 Å². The van der Waals surface area contributed by atoms with Crippen LogP contribution < -0.4 is 0 Å². The number of nitrogens with zero attached hydrogens (tertiary/aromatic N) is 3. The van der Waals surface area contributed by atoms with Crippen LogP contribution in [0.1, 0.15) is 38.8 Å². The second-order valence-corrected chi connectivity index (χ2v) is 12.2. The fraction of sp³-hybridized carbons (Fsp3) is 0.0357. The van der Waals surface area contributed by atoms with Crippen LogP contribution in [0.4, 0.5) is 0 Å². The summed E-state index contributed by atoms with van der Waals surface area (Å²) in [5.41, 5.74) is -1.95. The highest BCUT2D eigenvalue weighted by Crippen LogP contribution is 2.46. The van der Waals surface area contributed by atoms with Crippen LogP contribution in [-0.2, 0) is 19.7 Å². The summed E-state index contributed by atoms with van der Waals surface area (Å²) in [4.78, 5) is 28.1. The average molecular weight is 583 g/mol. The summed E-state index contributed by atoms with van der Waals surface area (Å²) in [5, 5.41) is 26.4. The van der Waals surface area contributed by atoms with Crippen LogP contribution in [0.15, 0.2) is 85.6 Å². The van der Waals surface area contributed by atoms with Crippen molar-refractivity contribution >= 4 is 48.4 Å². The maximum Gasteiger partial charge on any atom is 0.335 e. The molecule has 0 radical (unpaired) electrons. The Morgan fingerprint density at radius 3 is 2.12 bits per heavy atom. The zero-order valence-corrected chi connectivity index (χ0v) is 22.4. The van der Waals surface area contributed by atoms with E-state index in [1.54, 1.807) is 6.07 Å². The summed E-state index contributed by atoms with van der Waals surface area (Å²) in [6.07, 6.45) is 2.99. The molecule has 41 heavy (non-hydrogen) atoms. The lowest BCUT2D eigenvalue weighted by Gasteiger charge is -2.04. The van der Waals surface area contributed by atoms with Crippen molar-refractivity contribution in [2.24, 2.45) is 0 Å². The van der Waals surface area contributed by atoms with Gasteiger partial charge in [0.1, 0.15) is 0 Å². The number of sulfone groups is 2. The third-order valence-corrected chi connectivity index (χ3v) is 9.93. The minimum absolute atomic E-state index is 0.00166. The molecule has 0 unspecified atom stereocenters. The van der Waals surface area contributed by atoms with Crippen molar-refractivity contribution in [3.05, 3.63) is 121 Å². The third-order valence-electron chi connectivity index (χ3n) is 6.22. The topological polar surface area (TPSA) is 179 Å². The molecule has 0 saturated carbocycles. The lowest BCUT2D eigenvalue weighted by atomic mass is 9.99. The van der Waals surface area contributed by atoms with Crippen molar-refractivity contribution in [3.8, 4) is 6.07 Å². The highest BCUT2D eigenvalue weighted by Gasteiger charge is 2.39. The monoisotopic (exact) mass is 582 g/mol. The third kappa shape index (κ3) is 4.41. The Hall–Kier alpha value is -5.64. The first-order valence-electron chi connectivity index (χ1n) is 11.2. The van der Waals surface area contributed by atoms with Gasteiger partial charge in [0.25, 0.3) is 11.4 Å². The van der Waals surface area contributed by atoms with Crippen LogP contribution in [0, 0.1) is 29.9 Å². The summed E-state index contributed by atoms with van der Waals surface area (Å²) in [6, 6.07) is 8.51. The molecule has 0 spiro atoms. The van der Waals surface area contributed by atoms with Gasteiger partial charge in [-0.3, -0.25) is 10.2 Å². The largest absolute Gasteiger partial charge is 0.478 e. The van der Waals surface area contributed by atoms with Gasteiger partial charge in [-0.2, -0.15) is 0 Å². The summed E-state index contributed by atoms with van der Waals surface area (Å²) in [5.74, 6) is 0.161. The first-order valence-corrected chi connectivity index (χ1v) is 14.2. The van der Waals surface area contributed by atoms with Gasteiger partial charge in [-0.1, -0.05) is 12.1 Å². The molecule has 0 aromatic heterocycles. The smallest absolute Gasteiger partial charge is 0.335 e. The number of aromatic carboxylic acids is 1. The number of nitrogens with one attached hydrogen (secondary N) is 1. The summed E-state index contributed by atoms with van der Waals surface area (Å²) in [6.45, 7) is 16.0. The van der Waals surface area contributed by atoms with Gasteiger partial charge in [0.05, 0.1) is 44.4 Å². The number of carbonyl (C=O) groups is 2. The molecule has 13 heteroatoms. The fourth-order valence-electron chi connectivity index (χ4n) is 4.38. The molecule has 4 rings (SSSR count). The SMILES string of the molecule is [C-]#[N+]C(=C=N)C1=C(/C=C/C=C2/C(=C(\C#N)[N+]#[C-])c3cc(C(=O)O)ccc3S2(=O)=O)S(=O)(=O)c2ccc(C(C)=O)cc21. The van der Waals surface area contributed by atoms with Crippen molar-refractivity contribution in [1.29, 1.82) is 10.7 Å². The number of nitriles is 1.